The van der Waals surface area contributed by atoms with Crippen LogP contribution in [0.15, 0.2) is 12.2 Å². The highest BCUT2D eigenvalue weighted by molar-refractivity contribution is 8.01. The average Bonchev–Trinajstić information content (AvgIpc) is 3.59. The van der Waals surface area contributed by atoms with Gasteiger partial charge in [-0.3, -0.25) is 19.3 Å². The Balaban J connectivity index is 1.23. The number of allylic oxidation sites excluding steroid dienone is 1. The molecule has 5 aliphatic heterocycles. The number of thioether (sulfide) groups is 1. The van der Waals surface area contributed by atoms with Crippen LogP contribution >= 0.6 is 11.8 Å². The smallest absolute Gasteiger partial charge is 0.249 e. The Labute approximate surface area is 420 Å². The van der Waals surface area contributed by atoms with Gasteiger partial charge < -0.3 is 95.0 Å². The summed E-state index contributed by atoms with van der Waals surface area (Å²) in [4.78, 5) is 42.1. The number of unbranched alkanes of at least 4 members (excludes halogenated alkanes) is 10. The van der Waals surface area contributed by atoms with Crippen LogP contribution in [-0.2, 0) is 42.8 Å². The minimum atomic E-state index is -1.96. The monoisotopic (exact) mass is 1040 g/mol. The van der Waals surface area contributed by atoms with Crippen molar-refractivity contribution < 1.29 is 93.9 Å². The van der Waals surface area contributed by atoms with Crippen LogP contribution in [0, 0.1) is 0 Å². The SMILES string of the molecule is CCCCCCCCCCCC/C=C/C(O)C(CO[C@@H]1O[C@H](CO)[C@@H](O[C@@H]2O[C@H](CO)[C@H](O[C@@H]3O[C@H](CO)[C@H](O)[C@H](O)[C@H]3N(C)C)[C@H](O)[C@H]2O)[C@H](O)[C@H]1O)NC(=O)[C@@H]1N2C(=O)[C@@H](NC(C)=O)[C@H]2SC1(C)C. The number of β-lactam (4-membered cyclic amide) rings is 1. The van der Waals surface area contributed by atoms with Crippen LogP contribution in [0.25, 0.3) is 0 Å². The summed E-state index contributed by atoms with van der Waals surface area (Å²) in [5.41, 5.74) is 0. The lowest BCUT2D eigenvalue weighted by Gasteiger charge is -2.49. The van der Waals surface area contributed by atoms with E-state index in [2.05, 4.69) is 17.6 Å². The van der Waals surface area contributed by atoms with Gasteiger partial charge >= 0.3 is 0 Å². The quantitative estimate of drug-likeness (QED) is 0.0226. The van der Waals surface area contributed by atoms with Crippen LogP contribution < -0.4 is 10.6 Å². The summed E-state index contributed by atoms with van der Waals surface area (Å²) < 4.78 is 34.3. The van der Waals surface area contributed by atoms with E-state index >= 15 is 0 Å². The summed E-state index contributed by atoms with van der Waals surface area (Å²) in [6.07, 6.45) is -8.79. The maximum Gasteiger partial charge on any atom is 0.249 e. The highest BCUT2D eigenvalue weighted by atomic mass is 32.2. The van der Waals surface area contributed by atoms with Crippen molar-refractivity contribution in [3.8, 4) is 0 Å². The van der Waals surface area contributed by atoms with Gasteiger partial charge in [-0.25, -0.2) is 0 Å². The molecular formula is C47H82N4O19S. The normalized spacial score (nSPS) is 38.0. The first-order chi connectivity index (χ1) is 33.7. The van der Waals surface area contributed by atoms with Gasteiger partial charge in [0.2, 0.25) is 17.7 Å². The Morgan fingerprint density at radius 3 is 1.83 bits per heavy atom. The second kappa shape index (κ2) is 27.6. The van der Waals surface area contributed by atoms with Gasteiger partial charge in [-0.1, -0.05) is 76.9 Å². The fourth-order valence-corrected chi connectivity index (χ4v) is 11.6. The van der Waals surface area contributed by atoms with Gasteiger partial charge in [0.1, 0.15) is 84.6 Å². The highest BCUT2D eigenvalue weighted by Gasteiger charge is 2.64. The number of nitrogens with one attached hydrogen (secondary N) is 2. The zero-order chi connectivity index (χ0) is 52.3. The van der Waals surface area contributed by atoms with Crippen molar-refractivity contribution in [3.63, 3.8) is 0 Å². The van der Waals surface area contributed by atoms with E-state index in [9.17, 15) is 65.4 Å². The van der Waals surface area contributed by atoms with E-state index in [-0.39, 0.29) is 5.91 Å². The van der Waals surface area contributed by atoms with Crippen LogP contribution in [0.5, 0.6) is 0 Å². The summed E-state index contributed by atoms with van der Waals surface area (Å²) in [6, 6.07) is -4.05. The number of carbonyl (C=O) groups is 3. The van der Waals surface area contributed by atoms with E-state index in [0.717, 1.165) is 25.7 Å². The van der Waals surface area contributed by atoms with Gasteiger partial charge in [-0.05, 0) is 40.8 Å². The molecule has 0 bridgehead atoms. The molecule has 23 nitrogen and oxygen atoms in total. The number of nitrogens with zero attached hydrogens (tertiary/aromatic N) is 2. The van der Waals surface area contributed by atoms with E-state index in [1.807, 2.05) is 0 Å². The Morgan fingerprint density at radius 1 is 0.761 bits per heavy atom. The molecule has 0 radical (unpaired) electrons. The third-order valence-corrected chi connectivity index (χ3v) is 15.5. The molecule has 12 N–H and O–H groups in total. The van der Waals surface area contributed by atoms with Crippen molar-refractivity contribution in [1.29, 1.82) is 0 Å². The number of amides is 3. The van der Waals surface area contributed by atoms with Gasteiger partial charge in [0.25, 0.3) is 0 Å². The lowest BCUT2D eigenvalue weighted by Crippen LogP contribution is -2.71. The molecule has 0 aromatic rings. The Bertz CT molecular complexity index is 1700. The summed E-state index contributed by atoms with van der Waals surface area (Å²) >= 11 is 1.35. The van der Waals surface area contributed by atoms with Crippen LogP contribution in [0.3, 0.4) is 0 Å². The van der Waals surface area contributed by atoms with Crippen LogP contribution in [0.2, 0.25) is 0 Å². The predicted molar refractivity (Wildman–Crippen MR) is 254 cm³/mol. The van der Waals surface area contributed by atoms with Crippen molar-refractivity contribution in [2.75, 3.05) is 40.5 Å². The van der Waals surface area contributed by atoms with Crippen LogP contribution in [-0.4, -0.2) is 246 Å². The van der Waals surface area contributed by atoms with Gasteiger partial charge in [-0.15, -0.1) is 11.8 Å². The van der Waals surface area contributed by atoms with Crippen molar-refractivity contribution in [2.24, 2.45) is 0 Å². The van der Waals surface area contributed by atoms with Crippen molar-refractivity contribution >= 4 is 29.5 Å². The maximum atomic E-state index is 14.1. The molecule has 20 atom stereocenters. The zero-order valence-electron chi connectivity index (χ0n) is 41.8. The summed E-state index contributed by atoms with van der Waals surface area (Å²) in [5, 5.41) is 114. The van der Waals surface area contributed by atoms with Gasteiger partial charge in [-0.2, -0.15) is 0 Å². The topological polar surface area (TPSA) is 339 Å². The number of fused-ring (bicyclic) bond motifs is 1. The van der Waals surface area contributed by atoms with Gasteiger partial charge in [0, 0.05) is 11.7 Å². The number of hydrogen-bond acceptors (Lipinski definition) is 21. The number of aliphatic hydroxyl groups excluding tert-OH is 10. The number of ether oxygens (including phenoxy) is 6. The van der Waals surface area contributed by atoms with Crippen LogP contribution in [0.4, 0.5) is 0 Å². The molecule has 0 aliphatic carbocycles. The zero-order valence-corrected chi connectivity index (χ0v) is 42.6. The lowest BCUT2D eigenvalue weighted by atomic mass is 9.94. The molecule has 0 aromatic heterocycles. The second-order valence-corrected chi connectivity index (χ2v) is 21.8. The summed E-state index contributed by atoms with van der Waals surface area (Å²) in [7, 11) is 3.11. The molecule has 0 saturated carbocycles. The molecule has 5 saturated heterocycles. The first-order valence-corrected chi connectivity index (χ1v) is 26.0. The molecule has 2 unspecified atom stereocenters. The number of likely N-dealkylation sites (N-methyl/N-ethyl adjacent to an activating group) is 1. The molecule has 3 amide bonds. The largest absolute Gasteiger partial charge is 0.394 e. The molecule has 410 valence electrons. The highest BCUT2D eigenvalue weighted by Crippen LogP contribution is 2.51. The van der Waals surface area contributed by atoms with E-state index < -0.39 is 165 Å². The Kier molecular flexibility index (Phi) is 23.2. The lowest BCUT2D eigenvalue weighted by molar-refractivity contribution is -0.376. The third kappa shape index (κ3) is 14.6. The fourth-order valence-electron chi connectivity index (χ4n) is 9.93. The number of hydrogen-bond donors (Lipinski definition) is 12. The third-order valence-electron chi connectivity index (χ3n) is 14.0. The summed E-state index contributed by atoms with van der Waals surface area (Å²) in [6.45, 7) is 4.21. The predicted octanol–water partition coefficient (Wildman–Crippen LogP) is -2.70. The summed E-state index contributed by atoms with van der Waals surface area (Å²) in [5.74, 6) is -1.43. The second-order valence-electron chi connectivity index (χ2n) is 20.1. The molecule has 5 aliphatic rings. The minimum Gasteiger partial charge on any atom is -0.394 e. The molecule has 24 heteroatoms. The van der Waals surface area contributed by atoms with Gasteiger partial charge in [0.05, 0.1) is 44.6 Å². The Morgan fingerprint density at radius 2 is 1.28 bits per heavy atom. The van der Waals surface area contributed by atoms with Crippen molar-refractivity contribution in [2.45, 2.75) is 225 Å². The Hall–Kier alpha value is -2.18. The van der Waals surface area contributed by atoms with E-state index in [0.29, 0.717) is 6.42 Å². The molecular weight excluding hydrogens is 957 g/mol. The maximum absolute atomic E-state index is 14.1. The van der Waals surface area contributed by atoms with E-state index in [4.69, 9.17) is 28.4 Å². The molecule has 0 aromatic carbocycles. The molecule has 71 heavy (non-hydrogen) atoms. The van der Waals surface area contributed by atoms with Crippen LogP contribution in [0.1, 0.15) is 98.3 Å². The van der Waals surface area contributed by atoms with E-state index in [1.165, 1.54) is 73.1 Å². The van der Waals surface area contributed by atoms with Crippen molar-refractivity contribution in [3.05, 3.63) is 12.2 Å². The standard InChI is InChI=1S/C47H82N4O19S/c1-7-8-9-10-11-12-13-14-15-16-17-18-19-26(56)25(49-41(63)40-47(3,4)71-43-30(48-24(2)55)42(64)51(40)43)23-65-45-36(61)34(59)39(28(21-53)67-45)70-46-37(62)35(60)38(29(22-54)68-46)69-44-31(50(5)6)33(58)32(57)27(20-52)66-44/h18-19,25-40,43-46,52-54,56-62H,7-17,20-23H2,1-6H3,(H,48,55)(H,49,63)/b19-18+/t25?,26?,27-,28-,29-,30-,31-,32+,33-,34-,35-,36-,37-,38+,39-,40+,43-,44+,45-,46+/m1/s1. The molecule has 5 fully saturated rings. The number of rotatable bonds is 27. The fraction of sp³-hybridized carbons (Fsp3) is 0.894. The molecule has 5 heterocycles. The number of carbonyl (C=O) groups excluding carboxylic acids is 3. The first-order valence-electron chi connectivity index (χ1n) is 25.1. The van der Waals surface area contributed by atoms with Gasteiger partial charge in [0.15, 0.2) is 18.9 Å². The number of aliphatic hydroxyl groups is 10. The minimum absolute atomic E-state index is 0.389. The van der Waals surface area contributed by atoms with Crippen molar-refractivity contribution in [1.82, 2.24) is 20.4 Å². The molecule has 0 spiro atoms. The average molecular weight is 1040 g/mol. The first kappa shape index (κ1) is 59.7. The van der Waals surface area contributed by atoms with E-state index in [1.54, 1.807) is 34.0 Å². The molecule has 5 rings (SSSR count).